The molecule has 0 heterocycles. The molecule has 14 heavy (non-hydrogen) atoms. The van der Waals surface area contributed by atoms with E-state index in [1.54, 1.807) is 19.1 Å². The topological polar surface area (TPSA) is 66.9 Å². The summed E-state index contributed by atoms with van der Waals surface area (Å²) in [5.41, 5.74) is 6.02. The molecule has 1 aromatic rings. The van der Waals surface area contributed by atoms with Gasteiger partial charge >= 0.3 is 0 Å². The Balaban J connectivity index is 3.14. The summed E-state index contributed by atoms with van der Waals surface area (Å²) in [5, 5.41) is 8.40. The second kappa shape index (κ2) is 4.45. The van der Waals surface area contributed by atoms with Crippen LogP contribution >= 0.6 is 11.6 Å². The molecular weight excluding hydrogens is 220 g/mol. The maximum Gasteiger partial charge on any atom is 0.123 e. The minimum absolute atomic E-state index is 0.375. The van der Waals surface area contributed by atoms with Crippen molar-refractivity contribution >= 4 is 28.1 Å². The van der Waals surface area contributed by atoms with Crippen LogP contribution in [0.2, 0.25) is 5.02 Å². The van der Waals surface area contributed by atoms with Gasteiger partial charge in [-0.2, -0.15) is 5.26 Å². The lowest BCUT2D eigenvalue weighted by Crippen LogP contribution is -2.08. The highest BCUT2D eigenvalue weighted by molar-refractivity contribution is 7.86. The maximum absolute atomic E-state index is 11.7. The molecule has 0 radical (unpaired) electrons. The van der Waals surface area contributed by atoms with Crippen molar-refractivity contribution in [2.45, 2.75) is 17.1 Å². The summed E-state index contributed by atoms with van der Waals surface area (Å²) in [6.45, 7) is 1.58. The van der Waals surface area contributed by atoms with Gasteiger partial charge in [0.05, 0.1) is 26.8 Å². The summed E-state index contributed by atoms with van der Waals surface area (Å²) < 4.78 is 11.7. The van der Waals surface area contributed by atoms with E-state index < -0.39 is 16.0 Å². The monoisotopic (exact) mass is 228 g/mol. The van der Waals surface area contributed by atoms with Gasteiger partial charge in [0.1, 0.15) is 5.25 Å². The highest BCUT2D eigenvalue weighted by Gasteiger charge is 2.15. The maximum atomic E-state index is 11.7. The van der Waals surface area contributed by atoms with E-state index in [2.05, 4.69) is 0 Å². The zero-order valence-electron chi connectivity index (χ0n) is 7.53. The van der Waals surface area contributed by atoms with Gasteiger partial charge in [-0.15, -0.1) is 0 Å². The molecule has 0 aliphatic carbocycles. The van der Waals surface area contributed by atoms with E-state index in [9.17, 15) is 4.21 Å². The van der Waals surface area contributed by atoms with Crippen LogP contribution < -0.4 is 5.73 Å². The van der Waals surface area contributed by atoms with Crippen molar-refractivity contribution in [1.82, 2.24) is 0 Å². The summed E-state index contributed by atoms with van der Waals surface area (Å²) in [7, 11) is -1.42. The molecule has 0 bridgehead atoms. The number of nitrogens with two attached hydrogens (primary N) is 1. The molecule has 0 saturated carbocycles. The van der Waals surface area contributed by atoms with E-state index in [1.807, 2.05) is 6.07 Å². The second-order valence-corrected chi connectivity index (χ2v) is 4.91. The van der Waals surface area contributed by atoms with Crippen LogP contribution in [0.25, 0.3) is 0 Å². The van der Waals surface area contributed by atoms with Gasteiger partial charge in [-0.3, -0.25) is 4.21 Å². The lowest BCUT2D eigenvalue weighted by Gasteiger charge is -2.06. The quantitative estimate of drug-likeness (QED) is 0.787. The Kier molecular flexibility index (Phi) is 3.50. The first-order valence-electron chi connectivity index (χ1n) is 3.91. The fourth-order valence-corrected chi connectivity index (χ4v) is 2.25. The number of benzene rings is 1. The molecule has 0 saturated heterocycles. The largest absolute Gasteiger partial charge is 0.399 e. The van der Waals surface area contributed by atoms with Gasteiger partial charge in [0.2, 0.25) is 0 Å². The number of nitriles is 1. The SMILES string of the molecule is CC(C#N)S(=O)c1cc(N)ccc1Cl. The molecule has 0 spiro atoms. The van der Waals surface area contributed by atoms with E-state index in [0.29, 0.717) is 15.6 Å². The Morgan fingerprint density at radius 2 is 2.29 bits per heavy atom. The Morgan fingerprint density at radius 3 is 2.86 bits per heavy atom. The zero-order chi connectivity index (χ0) is 10.7. The normalized spacial score (nSPS) is 14.4. The van der Waals surface area contributed by atoms with Gasteiger partial charge < -0.3 is 5.73 Å². The fourth-order valence-electron chi connectivity index (χ4n) is 0.912. The van der Waals surface area contributed by atoms with Crippen LogP contribution in [0.15, 0.2) is 23.1 Å². The summed E-state index contributed by atoms with van der Waals surface area (Å²) in [6, 6.07) is 6.65. The Bertz CT molecular complexity index is 414. The van der Waals surface area contributed by atoms with Gasteiger partial charge in [-0.1, -0.05) is 11.6 Å². The summed E-state index contributed by atoms with van der Waals surface area (Å²) in [6.07, 6.45) is 0. The van der Waals surface area contributed by atoms with Crippen LogP contribution in [-0.2, 0) is 10.8 Å². The highest BCUT2D eigenvalue weighted by Crippen LogP contribution is 2.24. The first-order chi connectivity index (χ1) is 6.56. The molecule has 1 rings (SSSR count). The lowest BCUT2D eigenvalue weighted by atomic mass is 10.3. The molecule has 2 atom stereocenters. The number of anilines is 1. The third kappa shape index (κ3) is 2.25. The van der Waals surface area contributed by atoms with Crippen LogP contribution in [0.4, 0.5) is 5.69 Å². The molecule has 1 aromatic carbocycles. The molecule has 0 aliphatic heterocycles. The van der Waals surface area contributed by atoms with Crippen molar-refractivity contribution in [3.05, 3.63) is 23.2 Å². The molecule has 2 N–H and O–H groups in total. The first-order valence-corrected chi connectivity index (χ1v) is 5.50. The van der Waals surface area contributed by atoms with E-state index >= 15 is 0 Å². The van der Waals surface area contributed by atoms with E-state index in [1.165, 1.54) is 6.07 Å². The van der Waals surface area contributed by atoms with Crippen molar-refractivity contribution in [2.75, 3.05) is 5.73 Å². The predicted molar refractivity (Wildman–Crippen MR) is 57.3 cm³/mol. The standard InChI is InChI=1S/C9H9ClN2OS/c1-6(5-11)14(13)9-4-7(12)2-3-8(9)10/h2-4,6H,12H2,1H3. The molecule has 0 aliphatic rings. The van der Waals surface area contributed by atoms with E-state index in [4.69, 9.17) is 22.6 Å². The van der Waals surface area contributed by atoms with E-state index in [0.717, 1.165) is 0 Å². The van der Waals surface area contributed by atoms with Crippen molar-refractivity contribution < 1.29 is 4.21 Å². The molecule has 74 valence electrons. The summed E-state index contributed by atoms with van der Waals surface area (Å²) >= 11 is 5.83. The van der Waals surface area contributed by atoms with Gasteiger partial charge in [-0.05, 0) is 25.1 Å². The third-order valence-corrected chi connectivity index (χ3v) is 3.64. The number of rotatable bonds is 2. The van der Waals surface area contributed by atoms with Crippen LogP contribution in [-0.4, -0.2) is 9.46 Å². The molecule has 0 amide bonds. The van der Waals surface area contributed by atoms with E-state index in [-0.39, 0.29) is 0 Å². The fraction of sp³-hybridized carbons (Fsp3) is 0.222. The second-order valence-electron chi connectivity index (χ2n) is 2.76. The minimum atomic E-state index is -1.42. The Labute approximate surface area is 89.9 Å². The summed E-state index contributed by atoms with van der Waals surface area (Å²) in [4.78, 5) is 0.417. The number of nitrogen functional groups attached to an aromatic ring is 1. The molecule has 0 fully saturated rings. The molecule has 3 nitrogen and oxygen atoms in total. The van der Waals surface area contributed by atoms with Gasteiger partial charge in [-0.25, -0.2) is 0 Å². The zero-order valence-corrected chi connectivity index (χ0v) is 9.10. The highest BCUT2D eigenvalue weighted by atomic mass is 35.5. The summed E-state index contributed by atoms with van der Waals surface area (Å²) in [5.74, 6) is 0. The van der Waals surface area contributed by atoms with Crippen LogP contribution in [0.1, 0.15) is 6.92 Å². The first kappa shape index (κ1) is 11.0. The van der Waals surface area contributed by atoms with Crippen molar-refractivity contribution in [2.24, 2.45) is 0 Å². The van der Waals surface area contributed by atoms with Crippen LogP contribution in [0.3, 0.4) is 0 Å². The Morgan fingerprint density at radius 1 is 1.64 bits per heavy atom. The molecule has 0 aromatic heterocycles. The van der Waals surface area contributed by atoms with Gasteiger partial charge in [0, 0.05) is 5.69 Å². The average Bonchev–Trinajstić information content (AvgIpc) is 2.19. The average molecular weight is 229 g/mol. The van der Waals surface area contributed by atoms with Crippen molar-refractivity contribution in [3.63, 3.8) is 0 Å². The minimum Gasteiger partial charge on any atom is -0.399 e. The van der Waals surface area contributed by atoms with Gasteiger partial charge in [0.25, 0.3) is 0 Å². The number of hydrogen-bond acceptors (Lipinski definition) is 3. The number of nitrogens with zero attached hydrogens (tertiary/aromatic N) is 1. The smallest absolute Gasteiger partial charge is 0.123 e. The lowest BCUT2D eigenvalue weighted by molar-refractivity contribution is 0.680. The molecule has 5 heteroatoms. The molecule has 2 unspecified atom stereocenters. The van der Waals surface area contributed by atoms with Crippen LogP contribution in [0.5, 0.6) is 0 Å². The Hall–Kier alpha value is -1.05. The number of hydrogen-bond donors (Lipinski definition) is 1. The number of halogens is 1. The van der Waals surface area contributed by atoms with Crippen LogP contribution in [0, 0.1) is 11.3 Å². The third-order valence-electron chi connectivity index (χ3n) is 1.67. The van der Waals surface area contributed by atoms with Gasteiger partial charge in [0.15, 0.2) is 0 Å². The molecular formula is C9H9ClN2OS. The predicted octanol–water partition coefficient (Wildman–Crippen LogP) is 1.94. The van der Waals surface area contributed by atoms with Crippen molar-refractivity contribution in [3.8, 4) is 6.07 Å². The van der Waals surface area contributed by atoms with Crippen molar-refractivity contribution in [1.29, 1.82) is 5.26 Å².